The first-order valence-electron chi connectivity index (χ1n) is 12.4. The highest BCUT2D eigenvalue weighted by Crippen LogP contribution is 2.66. The molecule has 0 saturated heterocycles. The van der Waals surface area contributed by atoms with Crippen LogP contribution in [0.3, 0.4) is 0 Å². The van der Waals surface area contributed by atoms with Crippen LogP contribution in [0.15, 0.2) is 103 Å². The molecule has 0 radical (unpaired) electrons. The van der Waals surface area contributed by atoms with Crippen LogP contribution >= 0.6 is 0 Å². The summed E-state index contributed by atoms with van der Waals surface area (Å²) in [6, 6.07) is 37.5. The van der Waals surface area contributed by atoms with Gasteiger partial charge in [-0.2, -0.15) is 0 Å². The lowest BCUT2D eigenvalue weighted by molar-refractivity contribution is 0.473. The second-order valence-corrected chi connectivity index (χ2v) is 10.7. The van der Waals surface area contributed by atoms with Gasteiger partial charge in [-0.05, 0) is 78.9 Å². The minimum Gasteiger partial charge on any atom is -0.508 e. The molecule has 3 aliphatic carbocycles. The summed E-state index contributed by atoms with van der Waals surface area (Å²) in [4.78, 5) is 0. The highest BCUT2D eigenvalue weighted by Gasteiger charge is 2.53. The van der Waals surface area contributed by atoms with Crippen molar-refractivity contribution in [2.24, 2.45) is 0 Å². The third-order valence-corrected chi connectivity index (χ3v) is 8.78. The van der Waals surface area contributed by atoms with Gasteiger partial charge in [0.2, 0.25) is 0 Å². The first kappa shape index (κ1) is 19.2. The Morgan fingerprint density at radius 3 is 1.60 bits per heavy atom. The van der Waals surface area contributed by atoms with E-state index in [1.54, 1.807) is 0 Å². The van der Waals surface area contributed by atoms with Crippen LogP contribution in [-0.4, -0.2) is 5.11 Å². The zero-order valence-corrected chi connectivity index (χ0v) is 19.8. The van der Waals surface area contributed by atoms with Crippen LogP contribution in [-0.2, 0) is 10.8 Å². The van der Waals surface area contributed by atoms with Crippen LogP contribution in [0.1, 0.15) is 47.2 Å². The minimum atomic E-state index is -0.321. The van der Waals surface area contributed by atoms with E-state index >= 15 is 0 Å². The van der Waals surface area contributed by atoms with Crippen molar-refractivity contribution in [3.8, 4) is 39.1 Å². The van der Waals surface area contributed by atoms with Crippen LogP contribution in [0.25, 0.3) is 33.4 Å². The van der Waals surface area contributed by atoms with Crippen LogP contribution in [0.2, 0.25) is 0 Å². The molecule has 0 aromatic heterocycles. The van der Waals surface area contributed by atoms with Crippen molar-refractivity contribution < 1.29 is 5.11 Å². The summed E-state index contributed by atoms with van der Waals surface area (Å²) in [6.07, 6.45) is 0. The minimum absolute atomic E-state index is 0.172. The molecule has 1 heteroatoms. The van der Waals surface area contributed by atoms with Gasteiger partial charge in [-0.1, -0.05) is 105 Å². The second kappa shape index (κ2) is 6.12. The number of hydrogen-bond acceptors (Lipinski definition) is 1. The molecule has 0 saturated carbocycles. The molecule has 1 N–H and O–H groups in total. The van der Waals surface area contributed by atoms with Crippen LogP contribution in [0.5, 0.6) is 5.75 Å². The van der Waals surface area contributed by atoms with E-state index < -0.39 is 0 Å². The Hall–Kier alpha value is -4.10. The smallest absolute Gasteiger partial charge is 0.115 e. The average Bonchev–Trinajstić information content (AvgIpc) is 3.44. The van der Waals surface area contributed by atoms with E-state index in [4.69, 9.17) is 0 Å². The zero-order valence-electron chi connectivity index (χ0n) is 19.8. The predicted molar refractivity (Wildman–Crippen MR) is 142 cm³/mol. The quantitative estimate of drug-likeness (QED) is 0.249. The summed E-state index contributed by atoms with van der Waals surface area (Å²) in [6.45, 7) is 4.56. The van der Waals surface area contributed by atoms with Crippen molar-refractivity contribution in [3.05, 3.63) is 137 Å². The Balaban J connectivity index is 1.58. The molecule has 1 nitrogen and oxygen atoms in total. The fraction of sp³-hybridized carbons (Fsp3) is 0.118. The number of hydrogen-bond donors (Lipinski definition) is 1. The maximum Gasteiger partial charge on any atom is 0.115 e. The third kappa shape index (κ3) is 2.04. The molecule has 0 atom stereocenters. The molecule has 0 fully saturated rings. The molecule has 8 rings (SSSR count). The molecule has 0 heterocycles. The first-order valence-corrected chi connectivity index (χ1v) is 12.4. The second-order valence-electron chi connectivity index (χ2n) is 10.7. The van der Waals surface area contributed by atoms with Crippen molar-refractivity contribution in [1.82, 2.24) is 0 Å². The molecule has 0 unspecified atom stereocenters. The van der Waals surface area contributed by atoms with Gasteiger partial charge in [-0.15, -0.1) is 0 Å². The van der Waals surface area contributed by atoms with Gasteiger partial charge in [-0.3, -0.25) is 0 Å². The highest BCUT2D eigenvalue weighted by molar-refractivity contribution is 6.03. The Bertz CT molecular complexity index is 1690. The molecule has 35 heavy (non-hydrogen) atoms. The summed E-state index contributed by atoms with van der Waals surface area (Å²) in [5.74, 6) is 0.330. The van der Waals surface area contributed by atoms with Crippen LogP contribution in [0.4, 0.5) is 0 Å². The van der Waals surface area contributed by atoms with Gasteiger partial charge in [0.25, 0.3) is 0 Å². The molecular weight excluding hydrogens is 424 g/mol. The van der Waals surface area contributed by atoms with Gasteiger partial charge < -0.3 is 5.11 Å². The lowest BCUT2D eigenvalue weighted by Gasteiger charge is -2.31. The average molecular weight is 449 g/mol. The number of fused-ring (bicyclic) bond motifs is 14. The fourth-order valence-electron chi connectivity index (χ4n) is 7.40. The van der Waals surface area contributed by atoms with E-state index in [-0.39, 0.29) is 10.8 Å². The number of rotatable bonds is 0. The van der Waals surface area contributed by atoms with Crippen molar-refractivity contribution in [1.29, 1.82) is 0 Å². The molecule has 5 aromatic rings. The molecule has 0 aliphatic heterocycles. The van der Waals surface area contributed by atoms with E-state index in [2.05, 4.69) is 105 Å². The number of aromatic hydroxyl groups is 1. The highest BCUT2D eigenvalue weighted by atomic mass is 16.3. The lowest BCUT2D eigenvalue weighted by atomic mass is 9.70. The number of phenolic OH excluding ortho intramolecular Hbond substituents is 1. The van der Waals surface area contributed by atoms with E-state index in [1.807, 2.05) is 12.1 Å². The number of benzene rings is 5. The van der Waals surface area contributed by atoms with Crippen molar-refractivity contribution >= 4 is 0 Å². The Labute approximate surface area is 205 Å². The summed E-state index contributed by atoms with van der Waals surface area (Å²) < 4.78 is 0. The van der Waals surface area contributed by atoms with Crippen molar-refractivity contribution in [2.75, 3.05) is 0 Å². The van der Waals surface area contributed by atoms with E-state index in [0.29, 0.717) is 5.75 Å². The largest absolute Gasteiger partial charge is 0.508 e. The molecule has 1 spiro atoms. The third-order valence-electron chi connectivity index (χ3n) is 8.78. The van der Waals surface area contributed by atoms with Gasteiger partial charge in [0.15, 0.2) is 0 Å². The zero-order chi connectivity index (χ0) is 23.5. The Morgan fingerprint density at radius 2 is 0.943 bits per heavy atom. The van der Waals surface area contributed by atoms with Crippen LogP contribution < -0.4 is 0 Å². The number of phenols is 1. The van der Waals surface area contributed by atoms with Crippen LogP contribution in [0, 0.1) is 0 Å². The molecule has 5 aromatic carbocycles. The summed E-state index contributed by atoms with van der Waals surface area (Å²) in [7, 11) is 0. The maximum absolute atomic E-state index is 10.3. The van der Waals surface area contributed by atoms with Gasteiger partial charge in [-0.25, -0.2) is 0 Å². The van der Waals surface area contributed by atoms with E-state index in [0.717, 1.165) is 0 Å². The Kier molecular flexibility index (Phi) is 3.36. The van der Waals surface area contributed by atoms with Crippen molar-refractivity contribution in [3.63, 3.8) is 0 Å². The lowest BCUT2D eigenvalue weighted by Crippen LogP contribution is -2.26. The monoisotopic (exact) mass is 448 g/mol. The van der Waals surface area contributed by atoms with Gasteiger partial charge in [0.05, 0.1) is 5.41 Å². The SMILES string of the molecule is CC1(C)c2cc(O)ccc2-c2c1ccc1c2-c2ccccc2C12c1ccccc1-c1ccccc12. The molecular formula is C34H24O. The fourth-order valence-corrected chi connectivity index (χ4v) is 7.40. The normalized spacial score (nSPS) is 16.3. The molecule has 0 bridgehead atoms. The standard InChI is InChI=1S/C34H24O/c1-33(2)28-17-18-29-32(31(28)24-16-15-20(35)19-30(24)33)23-11-5-8-14-27(23)34(29)25-12-6-3-9-21(25)22-10-4-7-13-26(22)34/h3-19,35H,1-2H3. The van der Waals surface area contributed by atoms with E-state index in [9.17, 15) is 5.11 Å². The first-order chi connectivity index (χ1) is 17.0. The van der Waals surface area contributed by atoms with E-state index in [1.165, 1.54) is 66.8 Å². The van der Waals surface area contributed by atoms with Gasteiger partial charge in [0.1, 0.15) is 5.75 Å². The molecule has 166 valence electrons. The predicted octanol–water partition coefficient (Wildman–Crippen LogP) is 8.04. The summed E-state index contributed by atoms with van der Waals surface area (Å²) >= 11 is 0. The topological polar surface area (TPSA) is 20.2 Å². The molecule has 0 amide bonds. The van der Waals surface area contributed by atoms with Gasteiger partial charge >= 0.3 is 0 Å². The van der Waals surface area contributed by atoms with Gasteiger partial charge in [0, 0.05) is 5.41 Å². The summed E-state index contributed by atoms with van der Waals surface area (Å²) in [5, 5.41) is 10.3. The summed E-state index contributed by atoms with van der Waals surface area (Å²) in [5.41, 5.74) is 15.4. The molecule has 3 aliphatic rings. The maximum atomic E-state index is 10.3. The Morgan fingerprint density at radius 1 is 0.457 bits per heavy atom. The van der Waals surface area contributed by atoms with Crippen molar-refractivity contribution in [2.45, 2.75) is 24.7 Å².